The topological polar surface area (TPSA) is 58.2 Å². The van der Waals surface area contributed by atoms with E-state index >= 15 is 0 Å². The maximum Gasteiger partial charge on any atom is 0.313 e. The van der Waals surface area contributed by atoms with Crippen LogP contribution < -0.4 is 10.6 Å². The number of benzene rings is 1. The average molecular weight is 260 g/mol. The molecule has 1 saturated carbocycles. The van der Waals surface area contributed by atoms with Crippen molar-refractivity contribution in [2.24, 2.45) is 0 Å². The van der Waals surface area contributed by atoms with E-state index in [0.29, 0.717) is 5.69 Å². The van der Waals surface area contributed by atoms with E-state index in [1.54, 1.807) is 0 Å². The monoisotopic (exact) mass is 260 g/mol. The Kier molecular flexibility index (Phi) is 3.60. The molecule has 1 aliphatic rings. The summed E-state index contributed by atoms with van der Waals surface area (Å²) in [5, 5.41) is 5.26. The minimum Gasteiger partial charge on any atom is -0.345 e. The molecule has 2 N–H and O–H groups in total. The van der Waals surface area contributed by atoms with Gasteiger partial charge >= 0.3 is 11.8 Å². The summed E-state index contributed by atoms with van der Waals surface area (Å²) < 4.78 is 0. The van der Waals surface area contributed by atoms with Crippen LogP contribution in [-0.4, -0.2) is 17.9 Å². The zero-order valence-electron chi connectivity index (χ0n) is 11.6. The van der Waals surface area contributed by atoms with Gasteiger partial charge in [-0.3, -0.25) is 9.59 Å². The Bertz CT molecular complexity index is 482. The number of amides is 2. The molecule has 0 radical (unpaired) electrons. The van der Waals surface area contributed by atoms with E-state index in [4.69, 9.17) is 0 Å². The number of anilines is 1. The van der Waals surface area contributed by atoms with Crippen LogP contribution in [-0.2, 0) is 15.0 Å². The van der Waals surface area contributed by atoms with Gasteiger partial charge in [-0.25, -0.2) is 0 Å². The maximum atomic E-state index is 11.6. The molecule has 19 heavy (non-hydrogen) atoms. The van der Waals surface area contributed by atoms with E-state index < -0.39 is 11.8 Å². The zero-order valence-corrected chi connectivity index (χ0v) is 11.6. The fraction of sp³-hybridized carbons (Fsp3) is 0.467. The van der Waals surface area contributed by atoms with Gasteiger partial charge in [0.1, 0.15) is 0 Å². The van der Waals surface area contributed by atoms with Crippen LogP contribution in [0.1, 0.15) is 39.2 Å². The highest BCUT2D eigenvalue weighted by Gasteiger charge is 2.26. The third kappa shape index (κ3) is 3.81. The summed E-state index contributed by atoms with van der Waals surface area (Å²) in [5.74, 6) is -1.15. The first-order chi connectivity index (χ1) is 8.86. The second-order valence-electron chi connectivity index (χ2n) is 6.03. The number of carbonyl (C=O) groups is 2. The minimum atomic E-state index is -0.601. The van der Waals surface area contributed by atoms with Crippen molar-refractivity contribution >= 4 is 17.5 Å². The van der Waals surface area contributed by atoms with E-state index in [1.165, 1.54) is 5.56 Å². The minimum absolute atomic E-state index is 0.0753. The van der Waals surface area contributed by atoms with Gasteiger partial charge < -0.3 is 10.6 Å². The number of hydrogen-bond acceptors (Lipinski definition) is 2. The summed E-state index contributed by atoms with van der Waals surface area (Å²) in [4.78, 5) is 23.1. The van der Waals surface area contributed by atoms with Gasteiger partial charge in [0.05, 0.1) is 0 Å². The van der Waals surface area contributed by atoms with Crippen LogP contribution in [0.15, 0.2) is 24.3 Å². The molecule has 0 aliphatic heterocycles. The molecule has 2 rings (SSSR count). The van der Waals surface area contributed by atoms with Crippen LogP contribution in [0.4, 0.5) is 5.69 Å². The first-order valence-electron chi connectivity index (χ1n) is 6.58. The largest absolute Gasteiger partial charge is 0.345 e. The molecule has 4 heteroatoms. The predicted octanol–water partition coefficient (Wildman–Crippen LogP) is 2.20. The van der Waals surface area contributed by atoms with Crippen LogP contribution in [0.25, 0.3) is 0 Å². The smallest absolute Gasteiger partial charge is 0.313 e. The van der Waals surface area contributed by atoms with E-state index in [-0.39, 0.29) is 11.5 Å². The van der Waals surface area contributed by atoms with Crippen LogP contribution in [0.3, 0.4) is 0 Å². The molecule has 102 valence electrons. The fourth-order valence-corrected chi connectivity index (χ4v) is 1.72. The Morgan fingerprint density at radius 1 is 1.05 bits per heavy atom. The van der Waals surface area contributed by atoms with Gasteiger partial charge in [0.25, 0.3) is 0 Å². The normalized spacial score (nSPS) is 14.9. The first kappa shape index (κ1) is 13.6. The second-order valence-corrected chi connectivity index (χ2v) is 6.03. The highest BCUT2D eigenvalue weighted by atomic mass is 16.2. The van der Waals surface area contributed by atoms with Gasteiger partial charge in [-0.2, -0.15) is 0 Å². The van der Waals surface area contributed by atoms with Crippen molar-refractivity contribution in [2.75, 3.05) is 5.32 Å². The summed E-state index contributed by atoms with van der Waals surface area (Å²) in [6.07, 6.45) is 1.94. The Morgan fingerprint density at radius 2 is 1.63 bits per heavy atom. The third-order valence-electron chi connectivity index (χ3n) is 3.13. The highest BCUT2D eigenvalue weighted by Crippen LogP contribution is 2.23. The molecule has 0 atom stereocenters. The molecule has 1 aliphatic carbocycles. The van der Waals surface area contributed by atoms with Gasteiger partial charge in [0.15, 0.2) is 0 Å². The summed E-state index contributed by atoms with van der Waals surface area (Å²) >= 11 is 0. The summed E-state index contributed by atoms with van der Waals surface area (Å²) in [6, 6.07) is 7.77. The van der Waals surface area contributed by atoms with Crippen molar-refractivity contribution in [2.45, 2.75) is 45.1 Å². The molecule has 0 aromatic heterocycles. The molecule has 0 heterocycles. The summed E-state index contributed by atoms with van der Waals surface area (Å²) in [7, 11) is 0. The van der Waals surface area contributed by atoms with Gasteiger partial charge in [0, 0.05) is 11.7 Å². The van der Waals surface area contributed by atoms with Crippen LogP contribution in [0.2, 0.25) is 0 Å². The second kappa shape index (κ2) is 5.03. The lowest BCUT2D eigenvalue weighted by Crippen LogP contribution is -2.36. The van der Waals surface area contributed by atoms with Crippen molar-refractivity contribution in [3.63, 3.8) is 0 Å². The molecule has 0 unspecified atom stereocenters. The number of rotatable bonds is 2. The van der Waals surface area contributed by atoms with Crippen LogP contribution >= 0.6 is 0 Å². The molecule has 2 amide bonds. The SMILES string of the molecule is CC(C)(C)c1ccc(NC(=O)C(=O)NC2CC2)cc1. The Balaban J connectivity index is 1.95. The molecule has 0 spiro atoms. The fourth-order valence-electron chi connectivity index (χ4n) is 1.72. The summed E-state index contributed by atoms with van der Waals surface area (Å²) in [6.45, 7) is 6.39. The van der Waals surface area contributed by atoms with Crippen LogP contribution in [0.5, 0.6) is 0 Å². The van der Waals surface area contributed by atoms with Crippen molar-refractivity contribution in [3.8, 4) is 0 Å². The first-order valence-corrected chi connectivity index (χ1v) is 6.58. The Hall–Kier alpha value is -1.84. The van der Waals surface area contributed by atoms with Crippen molar-refractivity contribution in [3.05, 3.63) is 29.8 Å². The Morgan fingerprint density at radius 3 is 2.11 bits per heavy atom. The Labute approximate surface area is 113 Å². The quantitative estimate of drug-likeness (QED) is 0.801. The van der Waals surface area contributed by atoms with E-state index in [2.05, 4.69) is 31.4 Å². The van der Waals surface area contributed by atoms with Gasteiger partial charge in [0.2, 0.25) is 0 Å². The molecule has 1 aromatic carbocycles. The number of hydrogen-bond donors (Lipinski definition) is 2. The highest BCUT2D eigenvalue weighted by molar-refractivity contribution is 6.39. The van der Waals surface area contributed by atoms with Crippen molar-refractivity contribution < 1.29 is 9.59 Å². The van der Waals surface area contributed by atoms with E-state index in [1.807, 2.05) is 24.3 Å². The van der Waals surface area contributed by atoms with Gasteiger partial charge in [-0.1, -0.05) is 32.9 Å². The lowest BCUT2D eigenvalue weighted by atomic mass is 9.87. The van der Waals surface area contributed by atoms with Crippen molar-refractivity contribution in [1.29, 1.82) is 0 Å². The molecular formula is C15H20N2O2. The van der Waals surface area contributed by atoms with E-state index in [0.717, 1.165) is 12.8 Å². The molecular weight excluding hydrogens is 240 g/mol. The third-order valence-corrected chi connectivity index (χ3v) is 3.13. The van der Waals surface area contributed by atoms with Gasteiger partial charge in [-0.05, 0) is 36.0 Å². The standard InChI is InChI=1S/C15H20N2O2/c1-15(2,3)10-4-6-11(7-5-10)16-13(18)14(19)17-12-8-9-12/h4-7,12H,8-9H2,1-3H3,(H,16,18)(H,17,19). The summed E-state index contributed by atoms with van der Waals surface area (Å²) in [5.41, 5.74) is 1.91. The number of nitrogens with one attached hydrogen (secondary N) is 2. The van der Waals surface area contributed by atoms with E-state index in [9.17, 15) is 9.59 Å². The lowest BCUT2D eigenvalue weighted by molar-refractivity contribution is -0.136. The molecule has 0 saturated heterocycles. The average Bonchev–Trinajstić information content (AvgIpc) is 3.12. The number of carbonyl (C=O) groups excluding carboxylic acids is 2. The van der Waals surface area contributed by atoms with Crippen molar-refractivity contribution in [1.82, 2.24) is 5.32 Å². The maximum absolute atomic E-state index is 11.6. The molecule has 4 nitrogen and oxygen atoms in total. The molecule has 0 bridgehead atoms. The molecule has 1 fully saturated rings. The molecule has 1 aromatic rings. The zero-order chi connectivity index (χ0) is 14.0. The predicted molar refractivity (Wildman–Crippen MR) is 74.9 cm³/mol. The van der Waals surface area contributed by atoms with Gasteiger partial charge in [-0.15, -0.1) is 0 Å². The van der Waals surface area contributed by atoms with Crippen LogP contribution in [0, 0.1) is 0 Å². The lowest BCUT2D eigenvalue weighted by Gasteiger charge is -2.19.